The number of benzene rings is 1. The van der Waals surface area contributed by atoms with Gasteiger partial charge in [-0.25, -0.2) is 0 Å². The van der Waals surface area contributed by atoms with Crippen LogP contribution in [0.1, 0.15) is 24.0 Å². The normalized spacial score (nSPS) is 11.5. The third kappa shape index (κ3) is 4.05. The lowest BCUT2D eigenvalue weighted by molar-refractivity contribution is 0.0511. The van der Waals surface area contributed by atoms with Gasteiger partial charge in [-0.2, -0.15) is 0 Å². The van der Waals surface area contributed by atoms with Crippen molar-refractivity contribution in [3.05, 3.63) is 59.9 Å². The fourth-order valence-corrected chi connectivity index (χ4v) is 1.80. The number of hydrogen-bond acceptors (Lipinski definition) is 4. The molecule has 1 atom stereocenters. The summed E-state index contributed by atoms with van der Waals surface area (Å²) < 4.78 is 10.2. The van der Waals surface area contributed by atoms with Crippen LogP contribution < -0.4 is 10.9 Å². The van der Waals surface area contributed by atoms with E-state index in [1.54, 1.807) is 13.3 Å². The second kappa shape index (κ2) is 7.51. The van der Waals surface area contributed by atoms with Crippen LogP contribution in [0.2, 0.25) is 0 Å². The minimum Gasteiger partial charge on any atom is -0.468 e. The first-order valence-electron chi connectivity index (χ1n) is 5.93. The van der Waals surface area contributed by atoms with E-state index in [-0.39, 0.29) is 12.9 Å². The molecule has 3 N–H and O–H groups in total. The molecule has 0 amide bonds. The first kappa shape index (κ1) is 15.1. The van der Waals surface area contributed by atoms with Crippen molar-refractivity contribution in [1.82, 2.24) is 11.1 Å². The summed E-state index contributed by atoms with van der Waals surface area (Å²) in [7, 11) is 1.61. The molecule has 0 saturated heterocycles. The fourth-order valence-electron chi connectivity index (χ4n) is 1.80. The molecule has 0 fully saturated rings. The molecule has 0 spiro atoms. The van der Waals surface area contributed by atoms with E-state index in [2.05, 4.69) is 30.1 Å². The van der Waals surface area contributed by atoms with Crippen LogP contribution in [0.5, 0.6) is 5.75 Å². The van der Waals surface area contributed by atoms with Gasteiger partial charge in [0.05, 0.1) is 0 Å². The number of aromatic nitrogens is 1. The van der Waals surface area contributed by atoms with Crippen molar-refractivity contribution in [2.75, 3.05) is 13.9 Å². The van der Waals surface area contributed by atoms with Crippen LogP contribution in [0.25, 0.3) is 0 Å². The van der Waals surface area contributed by atoms with Crippen molar-refractivity contribution in [2.45, 2.75) is 12.8 Å². The van der Waals surface area contributed by atoms with E-state index in [0.717, 1.165) is 5.75 Å². The van der Waals surface area contributed by atoms with E-state index in [1.165, 1.54) is 11.1 Å². The summed E-state index contributed by atoms with van der Waals surface area (Å²) in [4.78, 5) is 4.15. The molecule has 1 unspecified atom stereocenters. The van der Waals surface area contributed by atoms with Gasteiger partial charge in [-0.3, -0.25) is 4.98 Å². The molecule has 1 heterocycles. The van der Waals surface area contributed by atoms with Gasteiger partial charge in [0.1, 0.15) is 5.75 Å². The molecule has 19 heavy (non-hydrogen) atoms. The molecule has 4 nitrogen and oxygen atoms in total. The second-order valence-corrected chi connectivity index (χ2v) is 4.13. The highest BCUT2D eigenvalue weighted by Gasteiger charge is 2.08. The maximum Gasteiger partial charge on any atom is 0.188 e. The summed E-state index contributed by atoms with van der Waals surface area (Å²) in [5.74, 6) is 1.15. The maximum atomic E-state index is 5.36. The highest BCUT2D eigenvalue weighted by molar-refractivity contribution is 5.34. The Hall–Kier alpha value is -1.91. The lowest BCUT2D eigenvalue weighted by Gasteiger charge is -2.12. The van der Waals surface area contributed by atoms with Crippen molar-refractivity contribution in [2.24, 2.45) is 0 Å². The van der Waals surface area contributed by atoms with Crippen molar-refractivity contribution in [3.63, 3.8) is 0 Å². The van der Waals surface area contributed by atoms with Gasteiger partial charge in [0, 0.05) is 25.4 Å². The monoisotopic (exact) mass is 260 g/mol. The average Bonchev–Trinajstić information content (AvgIpc) is 2.46. The maximum absolute atomic E-state index is 5.36. The highest BCUT2D eigenvalue weighted by Crippen LogP contribution is 2.25. The number of nitrogens with zero attached hydrogens (tertiary/aromatic N) is 1. The first-order valence-corrected chi connectivity index (χ1v) is 5.93. The van der Waals surface area contributed by atoms with E-state index in [4.69, 9.17) is 9.47 Å². The fraction of sp³-hybridized carbons (Fsp3) is 0.267. The van der Waals surface area contributed by atoms with Crippen molar-refractivity contribution < 1.29 is 9.47 Å². The van der Waals surface area contributed by atoms with Gasteiger partial charge in [-0.1, -0.05) is 25.1 Å². The van der Waals surface area contributed by atoms with E-state index in [0.29, 0.717) is 5.92 Å². The molecule has 0 aliphatic carbocycles. The van der Waals surface area contributed by atoms with Gasteiger partial charge in [-0.15, -0.1) is 0 Å². The molecule has 4 heteroatoms. The highest BCUT2D eigenvalue weighted by atomic mass is 16.7. The van der Waals surface area contributed by atoms with Crippen molar-refractivity contribution in [3.8, 4) is 5.75 Å². The van der Waals surface area contributed by atoms with Crippen LogP contribution in [0.3, 0.4) is 0 Å². The van der Waals surface area contributed by atoms with E-state index >= 15 is 0 Å². The van der Waals surface area contributed by atoms with Crippen LogP contribution in [0.4, 0.5) is 0 Å². The minimum absolute atomic E-state index is 0. The molecule has 0 aliphatic heterocycles. The minimum atomic E-state index is 0. The van der Waals surface area contributed by atoms with E-state index < -0.39 is 0 Å². The Labute approximate surface area is 114 Å². The molecular weight excluding hydrogens is 240 g/mol. The van der Waals surface area contributed by atoms with Crippen LogP contribution in [-0.4, -0.2) is 18.9 Å². The molecule has 0 saturated carbocycles. The molecule has 1 aromatic heterocycles. The first-order chi connectivity index (χ1) is 8.81. The van der Waals surface area contributed by atoms with Gasteiger partial charge in [0.25, 0.3) is 0 Å². The second-order valence-electron chi connectivity index (χ2n) is 4.13. The number of hydrogen-bond donors (Lipinski definition) is 1. The molecule has 1 aromatic carbocycles. The molecule has 0 bridgehead atoms. The third-order valence-electron chi connectivity index (χ3n) is 2.91. The Balaban J connectivity index is 0.00000180. The Kier molecular flexibility index (Phi) is 5.99. The molecule has 2 rings (SSSR count). The van der Waals surface area contributed by atoms with E-state index in [9.17, 15) is 0 Å². The summed E-state index contributed by atoms with van der Waals surface area (Å²) in [5, 5.41) is 0. The number of ether oxygens (including phenoxy) is 2. The molecule has 0 aliphatic rings. The summed E-state index contributed by atoms with van der Waals surface area (Å²) in [6, 6.07) is 12.1. The third-order valence-corrected chi connectivity index (χ3v) is 2.91. The van der Waals surface area contributed by atoms with Crippen molar-refractivity contribution >= 4 is 0 Å². The zero-order chi connectivity index (χ0) is 12.8. The molecular formula is C15H20N2O2. The molecule has 0 radical (unpaired) electrons. The van der Waals surface area contributed by atoms with Crippen molar-refractivity contribution in [1.29, 1.82) is 0 Å². The molecule has 2 aromatic rings. The topological polar surface area (TPSA) is 66.3 Å². The quantitative estimate of drug-likeness (QED) is 0.837. The van der Waals surface area contributed by atoms with Gasteiger partial charge >= 0.3 is 0 Å². The Morgan fingerprint density at radius 1 is 1.11 bits per heavy atom. The van der Waals surface area contributed by atoms with Gasteiger partial charge in [0.15, 0.2) is 6.79 Å². The number of pyridine rings is 1. The standard InChI is InChI=1S/C15H17NO2.H3N/c1-12(14-4-3-9-16-10-14)13-5-7-15(8-6-13)18-11-17-2;/h3-10,12H,11H2,1-2H3;1H3. The smallest absolute Gasteiger partial charge is 0.188 e. The largest absolute Gasteiger partial charge is 0.468 e. The van der Waals surface area contributed by atoms with Gasteiger partial charge in [0.2, 0.25) is 0 Å². The lowest BCUT2D eigenvalue weighted by atomic mass is 9.94. The van der Waals surface area contributed by atoms with E-state index in [1.807, 2.05) is 24.4 Å². The Morgan fingerprint density at radius 3 is 2.42 bits per heavy atom. The lowest BCUT2D eigenvalue weighted by Crippen LogP contribution is -2.00. The van der Waals surface area contributed by atoms with Crippen LogP contribution in [0.15, 0.2) is 48.8 Å². The van der Waals surface area contributed by atoms with Crippen LogP contribution in [0, 0.1) is 0 Å². The molecule has 102 valence electrons. The predicted octanol–water partition coefficient (Wildman–Crippen LogP) is 3.38. The predicted molar refractivity (Wildman–Crippen MR) is 75.7 cm³/mol. The Morgan fingerprint density at radius 2 is 1.84 bits per heavy atom. The number of methoxy groups -OCH3 is 1. The number of rotatable bonds is 5. The average molecular weight is 260 g/mol. The zero-order valence-corrected chi connectivity index (χ0v) is 11.4. The van der Waals surface area contributed by atoms with Crippen LogP contribution >= 0.6 is 0 Å². The Bertz CT molecular complexity index is 471. The van der Waals surface area contributed by atoms with Crippen LogP contribution in [-0.2, 0) is 4.74 Å². The van der Waals surface area contributed by atoms with Gasteiger partial charge in [-0.05, 0) is 29.3 Å². The summed E-state index contributed by atoms with van der Waals surface area (Å²) in [6.45, 7) is 2.44. The SMILES string of the molecule is COCOc1ccc(C(C)c2cccnc2)cc1.N. The summed E-state index contributed by atoms with van der Waals surface area (Å²) >= 11 is 0. The summed E-state index contributed by atoms with van der Waals surface area (Å²) in [5.41, 5.74) is 2.45. The van der Waals surface area contributed by atoms with Gasteiger partial charge < -0.3 is 15.6 Å². The zero-order valence-electron chi connectivity index (χ0n) is 11.4. The summed E-state index contributed by atoms with van der Waals surface area (Å²) in [6.07, 6.45) is 3.69.